The summed E-state index contributed by atoms with van der Waals surface area (Å²) >= 11 is 2.06. The number of nitrogens with zero attached hydrogens (tertiary/aromatic N) is 2. The van der Waals surface area contributed by atoms with E-state index >= 15 is 0 Å². The van der Waals surface area contributed by atoms with Crippen LogP contribution in [-0.2, 0) is 0 Å². The van der Waals surface area contributed by atoms with Crippen LogP contribution in [0.25, 0.3) is 0 Å². The fourth-order valence-corrected chi connectivity index (χ4v) is 1.75. The molecular weight excluding hydrogens is 380 g/mol. The molecule has 20 heavy (non-hydrogen) atoms. The first-order chi connectivity index (χ1) is 9.47. The van der Waals surface area contributed by atoms with Crippen LogP contribution in [0.5, 0.6) is 0 Å². The molecule has 102 valence electrons. The number of carbonyl (C=O) groups is 1. The standard InChI is InChI=1S/C12H7FIN3O3/c13-10-5-8(17(19)20)2-3-9(10)12(18)16-11-4-1-7(14)6-15-11/h1-6H,(H,15,16,18). The third-order valence-corrected chi connectivity index (χ3v) is 3.02. The molecule has 0 aliphatic carbocycles. The quantitative estimate of drug-likeness (QED) is 0.499. The molecule has 0 bridgehead atoms. The van der Waals surface area contributed by atoms with Gasteiger partial charge in [-0.05, 0) is 40.8 Å². The van der Waals surface area contributed by atoms with Crippen LogP contribution in [0.4, 0.5) is 15.9 Å². The van der Waals surface area contributed by atoms with E-state index in [1.807, 2.05) is 0 Å². The van der Waals surface area contributed by atoms with Gasteiger partial charge >= 0.3 is 0 Å². The van der Waals surface area contributed by atoms with Gasteiger partial charge in [0.25, 0.3) is 11.6 Å². The number of pyridine rings is 1. The Kier molecular flexibility index (Phi) is 4.23. The van der Waals surface area contributed by atoms with Gasteiger partial charge < -0.3 is 5.32 Å². The zero-order valence-corrected chi connectivity index (χ0v) is 12.0. The van der Waals surface area contributed by atoms with Crippen LogP contribution < -0.4 is 5.32 Å². The van der Waals surface area contributed by atoms with E-state index in [2.05, 4.69) is 32.9 Å². The summed E-state index contributed by atoms with van der Waals surface area (Å²) in [7, 11) is 0. The minimum Gasteiger partial charge on any atom is -0.306 e. The molecule has 0 aliphatic heterocycles. The Bertz CT molecular complexity index is 676. The highest BCUT2D eigenvalue weighted by atomic mass is 127. The summed E-state index contributed by atoms with van der Waals surface area (Å²) in [6.07, 6.45) is 1.54. The second-order valence-electron chi connectivity index (χ2n) is 3.74. The van der Waals surface area contributed by atoms with Gasteiger partial charge in [0.2, 0.25) is 0 Å². The zero-order chi connectivity index (χ0) is 14.7. The van der Waals surface area contributed by atoms with Gasteiger partial charge in [-0.25, -0.2) is 9.37 Å². The van der Waals surface area contributed by atoms with Crippen molar-refractivity contribution in [1.82, 2.24) is 4.98 Å². The normalized spacial score (nSPS) is 10.1. The van der Waals surface area contributed by atoms with E-state index in [-0.39, 0.29) is 11.4 Å². The average Bonchev–Trinajstić information content (AvgIpc) is 2.41. The fourth-order valence-electron chi connectivity index (χ4n) is 1.44. The number of non-ortho nitro benzene ring substituents is 1. The van der Waals surface area contributed by atoms with Gasteiger partial charge in [0.15, 0.2) is 0 Å². The van der Waals surface area contributed by atoms with Crippen LogP contribution in [0.1, 0.15) is 10.4 Å². The highest BCUT2D eigenvalue weighted by Crippen LogP contribution is 2.17. The molecule has 6 nitrogen and oxygen atoms in total. The molecule has 0 saturated carbocycles. The number of amides is 1. The highest BCUT2D eigenvalue weighted by molar-refractivity contribution is 14.1. The van der Waals surface area contributed by atoms with E-state index < -0.39 is 22.3 Å². The number of rotatable bonds is 3. The Morgan fingerprint density at radius 2 is 2.10 bits per heavy atom. The molecule has 0 radical (unpaired) electrons. The number of carbonyl (C=O) groups excluding carboxylic acids is 1. The van der Waals surface area contributed by atoms with E-state index in [1.165, 1.54) is 0 Å². The van der Waals surface area contributed by atoms with E-state index in [1.54, 1.807) is 18.3 Å². The summed E-state index contributed by atoms with van der Waals surface area (Å²) < 4.78 is 14.5. The first-order valence-electron chi connectivity index (χ1n) is 5.34. The van der Waals surface area contributed by atoms with Gasteiger partial charge in [0, 0.05) is 15.8 Å². The molecule has 1 aromatic heterocycles. The number of nitro groups is 1. The molecule has 8 heteroatoms. The molecule has 0 saturated heterocycles. The topological polar surface area (TPSA) is 85.1 Å². The van der Waals surface area contributed by atoms with E-state index in [0.29, 0.717) is 6.07 Å². The maximum Gasteiger partial charge on any atom is 0.272 e. The van der Waals surface area contributed by atoms with Crippen molar-refractivity contribution in [2.45, 2.75) is 0 Å². The molecule has 0 aliphatic rings. The lowest BCUT2D eigenvalue weighted by Gasteiger charge is -2.05. The molecule has 1 heterocycles. The van der Waals surface area contributed by atoms with E-state index in [9.17, 15) is 19.3 Å². The summed E-state index contributed by atoms with van der Waals surface area (Å²) in [5, 5.41) is 12.9. The van der Waals surface area contributed by atoms with Crippen LogP contribution in [0.2, 0.25) is 0 Å². The maximum absolute atomic E-state index is 13.6. The summed E-state index contributed by atoms with van der Waals surface area (Å²) in [5.74, 6) is -1.40. The third kappa shape index (κ3) is 3.26. The lowest BCUT2D eigenvalue weighted by Crippen LogP contribution is -2.14. The summed E-state index contributed by atoms with van der Waals surface area (Å²) in [5.41, 5.74) is -0.692. The number of nitrogens with one attached hydrogen (secondary N) is 1. The summed E-state index contributed by atoms with van der Waals surface area (Å²) in [6.45, 7) is 0. The predicted octanol–water partition coefficient (Wildman–Crippen LogP) is 2.99. The minimum absolute atomic E-state index is 0.271. The van der Waals surface area contributed by atoms with E-state index in [0.717, 1.165) is 15.7 Å². The van der Waals surface area contributed by atoms with Crippen molar-refractivity contribution >= 4 is 40.0 Å². The second-order valence-corrected chi connectivity index (χ2v) is 4.98. The average molecular weight is 387 g/mol. The molecule has 1 aromatic carbocycles. The van der Waals surface area contributed by atoms with Gasteiger partial charge in [-0.1, -0.05) is 0 Å². The number of nitro benzene ring substituents is 1. The Morgan fingerprint density at radius 3 is 2.65 bits per heavy atom. The molecule has 2 rings (SSSR count). The highest BCUT2D eigenvalue weighted by Gasteiger charge is 2.16. The third-order valence-electron chi connectivity index (χ3n) is 2.38. The Labute approximate surface area is 126 Å². The lowest BCUT2D eigenvalue weighted by molar-refractivity contribution is -0.385. The fraction of sp³-hybridized carbons (Fsp3) is 0. The SMILES string of the molecule is O=C(Nc1ccc(I)cn1)c1ccc([N+](=O)[O-])cc1F. The molecule has 1 amide bonds. The van der Waals surface area contributed by atoms with Crippen molar-refractivity contribution in [3.8, 4) is 0 Å². The number of benzene rings is 1. The lowest BCUT2D eigenvalue weighted by atomic mass is 10.2. The molecule has 0 atom stereocenters. The van der Waals surface area contributed by atoms with Crippen molar-refractivity contribution in [3.63, 3.8) is 0 Å². The Morgan fingerprint density at radius 1 is 1.35 bits per heavy atom. The van der Waals surface area contributed by atoms with Crippen LogP contribution in [0.15, 0.2) is 36.5 Å². The summed E-state index contributed by atoms with van der Waals surface area (Å²) in [4.78, 5) is 25.5. The molecule has 0 fully saturated rings. The summed E-state index contributed by atoms with van der Waals surface area (Å²) in [6, 6.07) is 6.14. The monoisotopic (exact) mass is 387 g/mol. The van der Waals surface area contributed by atoms with Gasteiger partial charge in [0.05, 0.1) is 16.6 Å². The maximum atomic E-state index is 13.6. The molecular formula is C12H7FIN3O3. The molecule has 0 spiro atoms. The first kappa shape index (κ1) is 14.3. The number of hydrogen-bond acceptors (Lipinski definition) is 4. The Balaban J connectivity index is 2.21. The Hall–Kier alpha value is -2.10. The number of halogens is 2. The van der Waals surface area contributed by atoms with Crippen LogP contribution in [0, 0.1) is 19.5 Å². The van der Waals surface area contributed by atoms with Crippen molar-refractivity contribution in [3.05, 3.63) is 61.6 Å². The van der Waals surface area contributed by atoms with Gasteiger partial charge in [-0.2, -0.15) is 0 Å². The smallest absolute Gasteiger partial charge is 0.272 e. The molecule has 0 unspecified atom stereocenters. The van der Waals surface area contributed by atoms with Crippen molar-refractivity contribution < 1.29 is 14.1 Å². The van der Waals surface area contributed by atoms with Gasteiger partial charge in [-0.3, -0.25) is 14.9 Å². The zero-order valence-electron chi connectivity index (χ0n) is 9.84. The van der Waals surface area contributed by atoms with Crippen LogP contribution >= 0.6 is 22.6 Å². The number of aromatic nitrogens is 1. The van der Waals surface area contributed by atoms with Crippen molar-refractivity contribution in [2.24, 2.45) is 0 Å². The van der Waals surface area contributed by atoms with Gasteiger partial charge in [0.1, 0.15) is 11.6 Å². The van der Waals surface area contributed by atoms with Crippen molar-refractivity contribution in [1.29, 1.82) is 0 Å². The van der Waals surface area contributed by atoms with E-state index in [4.69, 9.17) is 0 Å². The molecule has 1 N–H and O–H groups in total. The van der Waals surface area contributed by atoms with Crippen LogP contribution in [-0.4, -0.2) is 15.8 Å². The molecule has 2 aromatic rings. The minimum atomic E-state index is -0.956. The number of anilines is 1. The first-order valence-corrected chi connectivity index (χ1v) is 6.42. The van der Waals surface area contributed by atoms with Gasteiger partial charge in [-0.15, -0.1) is 0 Å². The van der Waals surface area contributed by atoms with Crippen LogP contribution in [0.3, 0.4) is 0 Å². The number of hydrogen-bond donors (Lipinski definition) is 1. The van der Waals surface area contributed by atoms with Crippen molar-refractivity contribution in [2.75, 3.05) is 5.32 Å². The largest absolute Gasteiger partial charge is 0.306 e. The second kappa shape index (κ2) is 5.90. The predicted molar refractivity (Wildman–Crippen MR) is 78.0 cm³/mol.